The Balaban J connectivity index is 2.13. The maximum atomic E-state index is 13.4. The smallest absolute Gasteiger partial charge is 0.150 e. The van der Waals surface area contributed by atoms with Gasteiger partial charge in [0.1, 0.15) is 16.8 Å². The molecule has 6 heteroatoms. The largest absolute Gasteiger partial charge is 0.377 e. The third kappa shape index (κ3) is 2.78. The van der Waals surface area contributed by atoms with Gasteiger partial charge in [0, 0.05) is 17.5 Å². The van der Waals surface area contributed by atoms with Crippen LogP contribution in [-0.2, 0) is 6.54 Å². The van der Waals surface area contributed by atoms with Crippen molar-refractivity contribution in [2.24, 2.45) is 0 Å². The molecule has 0 aliphatic heterocycles. The van der Waals surface area contributed by atoms with Crippen LogP contribution >= 0.6 is 22.9 Å². The Kier molecular flexibility index (Phi) is 3.80. The molecule has 1 heterocycles. The van der Waals surface area contributed by atoms with Crippen LogP contribution in [0.25, 0.3) is 0 Å². The summed E-state index contributed by atoms with van der Waals surface area (Å²) in [4.78, 5) is 1.45. The third-order valence-electron chi connectivity index (χ3n) is 2.22. The summed E-state index contributed by atoms with van der Waals surface area (Å²) in [7, 11) is 0. The molecule has 0 atom stereocenters. The number of nitrogens with one attached hydrogen (secondary N) is 1. The lowest BCUT2D eigenvalue weighted by Gasteiger charge is -2.08. The molecule has 0 aliphatic carbocycles. The zero-order valence-corrected chi connectivity index (χ0v) is 10.6. The van der Waals surface area contributed by atoms with Crippen LogP contribution in [0.1, 0.15) is 9.75 Å². The summed E-state index contributed by atoms with van der Waals surface area (Å²) in [6, 6.07) is 7.28. The van der Waals surface area contributed by atoms with E-state index in [0.29, 0.717) is 11.4 Å². The van der Waals surface area contributed by atoms with E-state index in [-0.39, 0.29) is 10.7 Å². The fraction of sp³-hybridized carbons (Fsp3) is 0.0833. The quantitative estimate of drug-likeness (QED) is 0.918. The SMILES string of the molecule is N#Cc1ccc(CNc2c(F)cc(F)cc2Cl)s1. The Morgan fingerprint density at radius 3 is 2.72 bits per heavy atom. The van der Waals surface area contributed by atoms with E-state index >= 15 is 0 Å². The van der Waals surface area contributed by atoms with E-state index in [2.05, 4.69) is 5.32 Å². The number of nitrogens with zero attached hydrogens (tertiary/aromatic N) is 1. The summed E-state index contributed by atoms with van der Waals surface area (Å²) in [5, 5.41) is 11.5. The first kappa shape index (κ1) is 12.8. The fourth-order valence-electron chi connectivity index (χ4n) is 1.42. The Labute approximate surface area is 111 Å². The van der Waals surface area contributed by atoms with Gasteiger partial charge >= 0.3 is 0 Å². The number of anilines is 1. The number of hydrogen-bond acceptors (Lipinski definition) is 3. The number of halogens is 3. The van der Waals surface area contributed by atoms with Gasteiger partial charge in [0.15, 0.2) is 5.82 Å². The molecule has 0 saturated heterocycles. The predicted molar refractivity (Wildman–Crippen MR) is 67.7 cm³/mol. The van der Waals surface area contributed by atoms with Gasteiger partial charge in [-0.25, -0.2) is 8.78 Å². The van der Waals surface area contributed by atoms with Crippen LogP contribution in [0, 0.1) is 23.0 Å². The van der Waals surface area contributed by atoms with Gasteiger partial charge in [-0.2, -0.15) is 5.26 Å². The lowest BCUT2D eigenvalue weighted by atomic mass is 10.3. The standard InChI is InChI=1S/C12H7ClF2N2S/c13-10-3-7(14)4-11(15)12(10)17-6-9-2-1-8(5-16)18-9/h1-4,17H,6H2. The van der Waals surface area contributed by atoms with Gasteiger partial charge in [0.2, 0.25) is 0 Å². The van der Waals surface area contributed by atoms with Crippen LogP contribution in [0.3, 0.4) is 0 Å². The Morgan fingerprint density at radius 1 is 1.33 bits per heavy atom. The topological polar surface area (TPSA) is 35.8 Å². The molecule has 2 nitrogen and oxygen atoms in total. The van der Waals surface area contributed by atoms with Crippen molar-refractivity contribution in [3.8, 4) is 6.07 Å². The van der Waals surface area contributed by atoms with Crippen molar-refractivity contribution < 1.29 is 8.78 Å². The van der Waals surface area contributed by atoms with Gasteiger partial charge in [-0.05, 0) is 18.2 Å². The highest BCUT2D eigenvalue weighted by Gasteiger charge is 2.10. The zero-order valence-electron chi connectivity index (χ0n) is 9.01. The number of benzene rings is 1. The van der Waals surface area contributed by atoms with E-state index < -0.39 is 11.6 Å². The lowest BCUT2D eigenvalue weighted by Crippen LogP contribution is -2.01. The molecule has 1 aromatic carbocycles. The number of thiophene rings is 1. The molecule has 0 bridgehead atoms. The normalized spacial score (nSPS) is 10.1. The predicted octanol–water partition coefficient (Wildman–Crippen LogP) is 4.16. The Morgan fingerprint density at radius 2 is 2.11 bits per heavy atom. The van der Waals surface area contributed by atoms with E-state index in [1.807, 2.05) is 6.07 Å². The molecule has 0 amide bonds. The molecular formula is C12H7ClF2N2S. The molecule has 0 saturated carbocycles. The van der Waals surface area contributed by atoms with Crippen molar-refractivity contribution in [1.82, 2.24) is 0 Å². The highest BCUT2D eigenvalue weighted by atomic mass is 35.5. The first-order chi connectivity index (χ1) is 8.60. The number of rotatable bonds is 3. The van der Waals surface area contributed by atoms with E-state index in [1.54, 1.807) is 12.1 Å². The molecule has 0 unspecified atom stereocenters. The average molecular weight is 285 g/mol. The van der Waals surface area contributed by atoms with Crippen LogP contribution in [0.15, 0.2) is 24.3 Å². The first-order valence-corrected chi connectivity index (χ1v) is 6.17. The van der Waals surface area contributed by atoms with Gasteiger partial charge in [-0.15, -0.1) is 11.3 Å². The minimum atomic E-state index is -0.739. The lowest BCUT2D eigenvalue weighted by molar-refractivity contribution is 0.585. The van der Waals surface area contributed by atoms with Crippen molar-refractivity contribution in [1.29, 1.82) is 5.26 Å². The molecule has 0 radical (unpaired) electrons. The summed E-state index contributed by atoms with van der Waals surface area (Å²) in [5.74, 6) is -1.46. The molecule has 92 valence electrons. The van der Waals surface area contributed by atoms with Crippen LogP contribution in [-0.4, -0.2) is 0 Å². The van der Waals surface area contributed by atoms with Crippen molar-refractivity contribution in [3.05, 3.63) is 50.7 Å². The highest BCUT2D eigenvalue weighted by Crippen LogP contribution is 2.27. The number of nitriles is 1. The van der Waals surface area contributed by atoms with Crippen LogP contribution in [0.2, 0.25) is 5.02 Å². The fourth-order valence-corrected chi connectivity index (χ4v) is 2.43. The summed E-state index contributed by atoms with van der Waals surface area (Å²) < 4.78 is 26.3. The minimum Gasteiger partial charge on any atom is -0.377 e. The van der Waals surface area contributed by atoms with Crippen molar-refractivity contribution in [3.63, 3.8) is 0 Å². The van der Waals surface area contributed by atoms with Crippen LogP contribution in [0.5, 0.6) is 0 Å². The van der Waals surface area contributed by atoms with E-state index in [1.165, 1.54) is 11.3 Å². The molecule has 1 N–H and O–H groups in total. The second-order valence-corrected chi connectivity index (χ2v) is 5.05. The van der Waals surface area contributed by atoms with Gasteiger partial charge in [0.05, 0.1) is 10.7 Å². The highest BCUT2D eigenvalue weighted by molar-refractivity contribution is 7.12. The minimum absolute atomic E-state index is 0.00966. The van der Waals surface area contributed by atoms with Gasteiger partial charge in [0.25, 0.3) is 0 Å². The number of hydrogen-bond donors (Lipinski definition) is 1. The molecule has 1 aromatic heterocycles. The third-order valence-corrected chi connectivity index (χ3v) is 3.51. The summed E-state index contributed by atoms with van der Waals surface area (Å²) in [5.41, 5.74) is 0.0602. The molecule has 0 aliphatic rings. The van der Waals surface area contributed by atoms with Gasteiger partial charge in [-0.1, -0.05) is 11.6 Å². The zero-order chi connectivity index (χ0) is 13.1. The van der Waals surface area contributed by atoms with Crippen LogP contribution < -0.4 is 5.32 Å². The maximum Gasteiger partial charge on any atom is 0.150 e. The molecule has 2 aromatic rings. The first-order valence-electron chi connectivity index (χ1n) is 4.97. The van der Waals surface area contributed by atoms with Crippen LogP contribution in [0.4, 0.5) is 14.5 Å². The van der Waals surface area contributed by atoms with E-state index in [0.717, 1.165) is 17.0 Å². The average Bonchev–Trinajstić information content (AvgIpc) is 2.75. The second kappa shape index (κ2) is 5.34. The second-order valence-electron chi connectivity index (χ2n) is 3.48. The molecule has 18 heavy (non-hydrogen) atoms. The van der Waals surface area contributed by atoms with E-state index in [9.17, 15) is 8.78 Å². The summed E-state index contributed by atoms with van der Waals surface area (Å²) >= 11 is 7.05. The summed E-state index contributed by atoms with van der Waals surface area (Å²) in [6.45, 7) is 0.328. The molecule has 2 rings (SSSR count). The van der Waals surface area contributed by atoms with E-state index in [4.69, 9.17) is 16.9 Å². The monoisotopic (exact) mass is 284 g/mol. The maximum absolute atomic E-state index is 13.4. The Hall–Kier alpha value is -1.64. The summed E-state index contributed by atoms with van der Waals surface area (Å²) in [6.07, 6.45) is 0. The van der Waals surface area contributed by atoms with Crippen molar-refractivity contribution >= 4 is 28.6 Å². The van der Waals surface area contributed by atoms with Crippen molar-refractivity contribution in [2.75, 3.05) is 5.32 Å². The molecular weight excluding hydrogens is 278 g/mol. The molecule has 0 fully saturated rings. The van der Waals surface area contributed by atoms with Gasteiger partial charge in [-0.3, -0.25) is 0 Å². The van der Waals surface area contributed by atoms with Crippen molar-refractivity contribution in [2.45, 2.75) is 6.54 Å². The molecule has 0 spiro atoms. The van der Waals surface area contributed by atoms with Gasteiger partial charge < -0.3 is 5.32 Å². The Bertz CT molecular complexity index is 596.